The average Bonchev–Trinajstić information content (AvgIpc) is 2.16. The van der Waals surface area contributed by atoms with Gasteiger partial charge < -0.3 is 20.8 Å². The van der Waals surface area contributed by atoms with Crippen molar-refractivity contribution in [1.29, 1.82) is 0 Å². The predicted octanol–water partition coefficient (Wildman–Crippen LogP) is 0.495. The minimum atomic E-state index is -0.0575. The maximum atomic E-state index is 9.32. The Kier molecular flexibility index (Phi) is 2.59. The smallest absolute Gasteiger partial charge is 0.170 e. The molecule has 1 aromatic rings. The van der Waals surface area contributed by atoms with Gasteiger partial charge in [0, 0.05) is 5.56 Å². The van der Waals surface area contributed by atoms with Gasteiger partial charge in [0.1, 0.15) is 0 Å². The number of methoxy groups -OCH3 is 1. The number of nitrogens with zero attached hydrogens (tertiary/aromatic N) is 1. The number of rotatable bonds is 2. The van der Waals surface area contributed by atoms with Gasteiger partial charge in [0.05, 0.1) is 7.11 Å². The van der Waals surface area contributed by atoms with E-state index in [0.29, 0.717) is 11.3 Å². The van der Waals surface area contributed by atoms with E-state index in [1.165, 1.54) is 19.2 Å². The van der Waals surface area contributed by atoms with Crippen LogP contribution in [0.15, 0.2) is 23.4 Å². The van der Waals surface area contributed by atoms with Crippen LogP contribution in [0.3, 0.4) is 0 Å². The number of hydrogen-bond donors (Lipinski definition) is 3. The van der Waals surface area contributed by atoms with Crippen LogP contribution in [0.25, 0.3) is 0 Å². The van der Waals surface area contributed by atoms with Gasteiger partial charge in [-0.05, 0) is 18.2 Å². The minimum absolute atomic E-state index is 0.0494. The lowest BCUT2D eigenvalue weighted by Gasteiger charge is -2.04. The van der Waals surface area contributed by atoms with Crippen molar-refractivity contribution in [3.63, 3.8) is 0 Å². The molecule has 0 radical (unpaired) electrons. The lowest BCUT2D eigenvalue weighted by molar-refractivity contribution is 0.318. The normalized spacial score (nSPS) is 11.3. The molecule has 0 aliphatic carbocycles. The molecule has 0 saturated heterocycles. The zero-order chi connectivity index (χ0) is 9.84. The number of phenolic OH excluding ortho intramolecular Hbond substituents is 1. The Morgan fingerprint density at radius 3 is 2.69 bits per heavy atom. The van der Waals surface area contributed by atoms with Gasteiger partial charge in [0.2, 0.25) is 0 Å². The van der Waals surface area contributed by atoms with Crippen molar-refractivity contribution in [3.8, 4) is 11.5 Å². The molecule has 0 heterocycles. The van der Waals surface area contributed by atoms with Gasteiger partial charge in [-0.25, -0.2) is 0 Å². The van der Waals surface area contributed by atoms with Gasteiger partial charge in [-0.3, -0.25) is 0 Å². The molecule has 0 amide bonds. The molecule has 0 saturated carbocycles. The van der Waals surface area contributed by atoms with Crippen molar-refractivity contribution in [1.82, 2.24) is 0 Å². The highest BCUT2D eigenvalue weighted by Crippen LogP contribution is 2.25. The van der Waals surface area contributed by atoms with Crippen LogP contribution >= 0.6 is 0 Å². The zero-order valence-electron chi connectivity index (χ0n) is 7.06. The Hall–Kier alpha value is -1.91. The van der Waals surface area contributed by atoms with Crippen LogP contribution in [0.1, 0.15) is 5.56 Å². The van der Waals surface area contributed by atoms with Crippen molar-refractivity contribution < 1.29 is 15.1 Å². The largest absolute Gasteiger partial charge is 0.504 e. The quantitative estimate of drug-likeness (QED) is 0.269. The first-order valence-corrected chi connectivity index (χ1v) is 3.54. The van der Waals surface area contributed by atoms with E-state index in [0.717, 1.165) is 0 Å². The molecule has 0 atom stereocenters. The van der Waals surface area contributed by atoms with Crippen LogP contribution in [0.4, 0.5) is 0 Å². The first kappa shape index (κ1) is 9.18. The van der Waals surface area contributed by atoms with E-state index in [4.69, 9.17) is 15.7 Å². The number of benzene rings is 1. The molecule has 5 nitrogen and oxygen atoms in total. The minimum Gasteiger partial charge on any atom is -0.504 e. The Labute approximate surface area is 75.1 Å². The second-order valence-corrected chi connectivity index (χ2v) is 2.37. The Morgan fingerprint density at radius 1 is 1.54 bits per heavy atom. The highest BCUT2D eigenvalue weighted by atomic mass is 16.5. The number of amidine groups is 1. The van der Waals surface area contributed by atoms with E-state index >= 15 is 0 Å². The summed E-state index contributed by atoms with van der Waals surface area (Å²) in [6.45, 7) is 0. The summed E-state index contributed by atoms with van der Waals surface area (Å²) in [6.07, 6.45) is 0. The van der Waals surface area contributed by atoms with Crippen molar-refractivity contribution in [2.24, 2.45) is 10.9 Å². The first-order chi connectivity index (χ1) is 6.19. The number of hydrogen-bond acceptors (Lipinski definition) is 4. The maximum Gasteiger partial charge on any atom is 0.170 e. The summed E-state index contributed by atoms with van der Waals surface area (Å²) in [4.78, 5) is 0. The molecule has 13 heavy (non-hydrogen) atoms. The summed E-state index contributed by atoms with van der Waals surface area (Å²) in [5.74, 6) is 0.235. The van der Waals surface area contributed by atoms with Gasteiger partial charge in [0.25, 0.3) is 0 Å². The van der Waals surface area contributed by atoms with Crippen LogP contribution in [0.5, 0.6) is 11.5 Å². The molecule has 1 rings (SSSR count). The van der Waals surface area contributed by atoms with Gasteiger partial charge in [-0.15, -0.1) is 0 Å². The van der Waals surface area contributed by atoms with Crippen molar-refractivity contribution in [2.45, 2.75) is 0 Å². The Morgan fingerprint density at radius 2 is 2.23 bits per heavy atom. The van der Waals surface area contributed by atoms with Crippen LogP contribution in [0.2, 0.25) is 0 Å². The summed E-state index contributed by atoms with van der Waals surface area (Å²) in [5, 5.41) is 20.5. The number of ether oxygens (including phenoxy) is 1. The van der Waals surface area contributed by atoms with Gasteiger partial charge >= 0.3 is 0 Å². The summed E-state index contributed by atoms with van der Waals surface area (Å²) in [6, 6.07) is 4.46. The van der Waals surface area contributed by atoms with E-state index in [2.05, 4.69) is 5.16 Å². The fraction of sp³-hybridized carbons (Fsp3) is 0.125. The number of aromatic hydroxyl groups is 1. The Balaban J connectivity index is 3.10. The van der Waals surface area contributed by atoms with Crippen molar-refractivity contribution in [2.75, 3.05) is 7.11 Å². The molecule has 0 fully saturated rings. The fourth-order valence-corrected chi connectivity index (χ4v) is 0.907. The van der Waals surface area contributed by atoms with Crippen molar-refractivity contribution >= 4 is 5.84 Å². The zero-order valence-corrected chi connectivity index (χ0v) is 7.06. The van der Waals surface area contributed by atoms with Gasteiger partial charge in [-0.1, -0.05) is 5.16 Å². The molecule has 70 valence electrons. The summed E-state index contributed by atoms with van der Waals surface area (Å²) in [7, 11) is 1.44. The molecular formula is C8H10N2O3. The van der Waals surface area contributed by atoms with Crippen molar-refractivity contribution in [3.05, 3.63) is 23.8 Å². The predicted molar refractivity (Wildman–Crippen MR) is 47.2 cm³/mol. The molecule has 0 aliphatic heterocycles. The highest BCUT2D eigenvalue weighted by Gasteiger charge is 2.04. The fourth-order valence-electron chi connectivity index (χ4n) is 0.907. The Bertz CT molecular complexity index is 336. The lowest BCUT2D eigenvalue weighted by atomic mass is 10.2. The average molecular weight is 182 g/mol. The van der Waals surface area contributed by atoms with Crippen LogP contribution in [-0.4, -0.2) is 23.3 Å². The summed E-state index contributed by atoms with van der Waals surface area (Å²) in [5.41, 5.74) is 5.73. The lowest BCUT2D eigenvalue weighted by Crippen LogP contribution is -2.12. The third-order valence-corrected chi connectivity index (χ3v) is 1.58. The molecular weight excluding hydrogens is 172 g/mol. The number of oxime groups is 1. The van der Waals surface area contributed by atoms with E-state index < -0.39 is 0 Å². The molecule has 0 aromatic heterocycles. The second kappa shape index (κ2) is 3.66. The second-order valence-electron chi connectivity index (χ2n) is 2.37. The third kappa shape index (κ3) is 1.81. The van der Waals surface area contributed by atoms with Gasteiger partial charge in [0.15, 0.2) is 17.3 Å². The van der Waals surface area contributed by atoms with Crippen LogP contribution in [-0.2, 0) is 0 Å². The molecule has 0 unspecified atom stereocenters. The topological polar surface area (TPSA) is 88.1 Å². The number of phenols is 1. The van der Waals surface area contributed by atoms with Crippen LogP contribution in [0, 0.1) is 0 Å². The van der Waals surface area contributed by atoms with E-state index in [9.17, 15) is 5.11 Å². The molecule has 1 aromatic carbocycles. The maximum absolute atomic E-state index is 9.32. The third-order valence-electron chi connectivity index (χ3n) is 1.58. The summed E-state index contributed by atoms with van der Waals surface area (Å²) < 4.78 is 4.82. The highest BCUT2D eigenvalue weighted by molar-refractivity contribution is 5.97. The number of nitrogens with two attached hydrogens (primary N) is 1. The van der Waals surface area contributed by atoms with Crippen LogP contribution < -0.4 is 10.5 Å². The van der Waals surface area contributed by atoms with E-state index in [1.807, 2.05) is 0 Å². The molecule has 0 bridgehead atoms. The molecule has 5 heteroatoms. The monoisotopic (exact) mass is 182 g/mol. The first-order valence-electron chi connectivity index (χ1n) is 3.54. The summed E-state index contributed by atoms with van der Waals surface area (Å²) >= 11 is 0. The van der Waals surface area contributed by atoms with Gasteiger partial charge in [-0.2, -0.15) is 0 Å². The van der Waals surface area contributed by atoms with E-state index in [-0.39, 0.29) is 11.6 Å². The van der Waals surface area contributed by atoms with E-state index in [1.54, 1.807) is 6.07 Å². The molecule has 0 spiro atoms. The SMILES string of the molecule is COc1ccc(C(N)=NO)cc1O. The molecule has 0 aliphatic rings. The standard InChI is InChI=1S/C8H10N2O3/c1-13-7-3-2-5(4-6(7)11)8(9)10-12/h2-4,11-12H,1H3,(H2,9,10). The molecule has 4 N–H and O–H groups in total.